The molecule has 0 saturated carbocycles. The Hall–Kier alpha value is -2.34. The molecular weight excluding hydrogens is 310 g/mol. The van der Waals surface area contributed by atoms with Gasteiger partial charge in [0.2, 0.25) is 0 Å². The van der Waals surface area contributed by atoms with Gasteiger partial charge < -0.3 is 20.1 Å². The van der Waals surface area contributed by atoms with Crippen molar-refractivity contribution in [3.05, 3.63) is 48.2 Å². The molecule has 1 aromatic carbocycles. The number of anilines is 1. The molecule has 2 N–H and O–H groups in total. The van der Waals surface area contributed by atoms with Crippen LogP contribution in [0.25, 0.3) is 0 Å². The predicted octanol–water partition coefficient (Wildman–Crippen LogP) is 3.15. The Morgan fingerprint density at radius 1 is 1.22 bits per heavy atom. The topological polar surface area (TPSA) is 55.4 Å². The van der Waals surface area contributed by atoms with Crippen LogP contribution in [-0.4, -0.2) is 29.9 Å². The third-order valence-corrected chi connectivity index (χ3v) is 3.40. The zero-order valence-corrected chi connectivity index (χ0v) is 14.3. The highest BCUT2D eigenvalue weighted by atomic mass is 32.1. The summed E-state index contributed by atoms with van der Waals surface area (Å²) in [5.41, 5.74) is 1.04. The molecule has 1 heterocycles. The van der Waals surface area contributed by atoms with Crippen molar-refractivity contribution < 1.29 is 9.47 Å². The van der Waals surface area contributed by atoms with Gasteiger partial charge in [-0.1, -0.05) is 18.2 Å². The monoisotopic (exact) mass is 331 g/mol. The van der Waals surface area contributed by atoms with Crippen LogP contribution in [0.5, 0.6) is 11.5 Å². The average molecular weight is 331 g/mol. The third-order valence-electron chi connectivity index (χ3n) is 3.18. The van der Waals surface area contributed by atoms with Crippen LogP contribution in [0.3, 0.4) is 0 Å². The van der Waals surface area contributed by atoms with E-state index in [9.17, 15) is 0 Å². The number of benzene rings is 1. The molecule has 1 unspecified atom stereocenters. The lowest BCUT2D eigenvalue weighted by atomic mass is 10.3. The lowest BCUT2D eigenvalue weighted by Gasteiger charge is -2.18. The van der Waals surface area contributed by atoms with E-state index < -0.39 is 0 Å². The van der Waals surface area contributed by atoms with Gasteiger partial charge in [-0.3, -0.25) is 0 Å². The second-order valence-corrected chi connectivity index (χ2v) is 5.54. The molecule has 0 aliphatic heterocycles. The number of pyridine rings is 1. The number of methoxy groups -OCH3 is 1. The Balaban J connectivity index is 1.83. The van der Waals surface area contributed by atoms with E-state index in [0.717, 1.165) is 11.4 Å². The molecule has 5 nitrogen and oxygen atoms in total. The van der Waals surface area contributed by atoms with Gasteiger partial charge in [-0.25, -0.2) is 4.98 Å². The zero-order chi connectivity index (χ0) is 16.7. The summed E-state index contributed by atoms with van der Waals surface area (Å²) < 4.78 is 11.0. The Labute approximate surface area is 142 Å². The lowest BCUT2D eigenvalue weighted by molar-refractivity contribution is 0.270. The highest BCUT2D eigenvalue weighted by Crippen LogP contribution is 2.25. The van der Waals surface area contributed by atoms with Gasteiger partial charge in [-0.2, -0.15) is 0 Å². The third kappa shape index (κ3) is 5.10. The fourth-order valence-corrected chi connectivity index (χ4v) is 2.28. The molecule has 23 heavy (non-hydrogen) atoms. The number of hydrogen-bond donors (Lipinski definition) is 2. The van der Waals surface area contributed by atoms with Gasteiger partial charge in [0.1, 0.15) is 12.4 Å². The molecule has 0 aliphatic carbocycles. The lowest BCUT2D eigenvalue weighted by Crippen LogP contribution is -2.39. The summed E-state index contributed by atoms with van der Waals surface area (Å²) in [7, 11) is 1.62. The molecule has 0 bridgehead atoms. The summed E-state index contributed by atoms with van der Waals surface area (Å²) in [6.45, 7) is 4.43. The van der Waals surface area contributed by atoms with E-state index in [2.05, 4.69) is 15.6 Å². The molecule has 0 radical (unpaired) electrons. The van der Waals surface area contributed by atoms with Crippen molar-refractivity contribution in [1.29, 1.82) is 0 Å². The molecular formula is C17H21N3O2S. The molecule has 0 amide bonds. The summed E-state index contributed by atoms with van der Waals surface area (Å²) in [6.07, 6.45) is 1.73. The van der Waals surface area contributed by atoms with Crippen molar-refractivity contribution in [3.63, 3.8) is 0 Å². The van der Waals surface area contributed by atoms with Crippen LogP contribution >= 0.6 is 12.2 Å². The van der Waals surface area contributed by atoms with E-state index in [1.54, 1.807) is 13.3 Å². The van der Waals surface area contributed by atoms with Gasteiger partial charge >= 0.3 is 0 Å². The number of para-hydroxylation sites is 2. The molecule has 1 aromatic heterocycles. The van der Waals surface area contributed by atoms with Crippen molar-refractivity contribution in [3.8, 4) is 11.5 Å². The van der Waals surface area contributed by atoms with Gasteiger partial charge in [-0.15, -0.1) is 0 Å². The first kappa shape index (κ1) is 17.0. The number of nitrogens with one attached hydrogen (secondary N) is 2. The normalized spacial score (nSPS) is 11.4. The number of rotatable bonds is 6. The van der Waals surface area contributed by atoms with Crippen molar-refractivity contribution in [2.24, 2.45) is 0 Å². The highest BCUT2D eigenvalue weighted by molar-refractivity contribution is 7.80. The Morgan fingerprint density at radius 2 is 1.96 bits per heavy atom. The summed E-state index contributed by atoms with van der Waals surface area (Å²) in [6, 6.07) is 11.5. The summed E-state index contributed by atoms with van der Waals surface area (Å²) in [5, 5.41) is 6.79. The van der Waals surface area contributed by atoms with E-state index in [1.807, 2.05) is 50.2 Å². The van der Waals surface area contributed by atoms with Gasteiger partial charge in [0.15, 0.2) is 16.6 Å². The van der Waals surface area contributed by atoms with Gasteiger partial charge in [0.25, 0.3) is 0 Å². The first-order chi connectivity index (χ1) is 11.1. The molecule has 0 aliphatic rings. The predicted molar refractivity (Wildman–Crippen MR) is 96.3 cm³/mol. The van der Waals surface area contributed by atoms with Crippen LogP contribution < -0.4 is 20.1 Å². The Kier molecular flexibility index (Phi) is 6.17. The minimum absolute atomic E-state index is 0.0314. The number of aryl methyl sites for hydroxylation is 1. The quantitative estimate of drug-likeness (QED) is 0.793. The Bertz CT molecular complexity index is 664. The van der Waals surface area contributed by atoms with Crippen LogP contribution in [0.1, 0.15) is 12.5 Å². The molecule has 0 spiro atoms. The maximum absolute atomic E-state index is 5.77. The van der Waals surface area contributed by atoms with Gasteiger partial charge in [-0.05, 0) is 49.8 Å². The first-order valence-electron chi connectivity index (χ1n) is 7.35. The molecule has 2 rings (SSSR count). The minimum atomic E-state index is 0.0314. The summed E-state index contributed by atoms with van der Waals surface area (Å²) in [5.74, 6) is 2.18. The average Bonchev–Trinajstić information content (AvgIpc) is 2.55. The van der Waals surface area contributed by atoms with Crippen LogP contribution in [-0.2, 0) is 0 Å². The maximum Gasteiger partial charge on any atom is 0.172 e. The number of nitrogens with zero attached hydrogens (tertiary/aromatic N) is 1. The highest BCUT2D eigenvalue weighted by Gasteiger charge is 2.09. The van der Waals surface area contributed by atoms with Crippen LogP contribution in [0.4, 0.5) is 5.82 Å². The first-order valence-corrected chi connectivity index (χ1v) is 7.76. The molecule has 2 aromatic rings. The molecule has 0 saturated heterocycles. The largest absolute Gasteiger partial charge is 0.493 e. The van der Waals surface area contributed by atoms with Crippen LogP contribution in [0.15, 0.2) is 42.6 Å². The molecule has 122 valence electrons. The van der Waals surface area contributed by atoms with E-state index in [0.29, 0.717) is 23.2 Å². The fourth-order valence-electron chi connectivity index (χ4n) is 1.98. The van der Waals surface area contributed by atoms with E-state index >= 15 is 0 Å². The fraction of sp³-hybridized carbons (Fsp3) is 0.294. The Morgan fingerprint density at radius 3 is 2.65 bits per heavy atom. The number of thiocarbonyl (C=S) groups is 1. The van der Waals surface area contributed by atoms with E-state index in [4.69, 9.17) is 21.7 Å². The number of aromatic nitrogens is 1. The van der Waals surface area contributed by atoms with Crippen LogP contribution in [0.2, 0.25) is 0 Å². The van der Waals surface area contributed by atoms with Gasteiger partial charge in [0.05, 0.1) is 13.2 Å². The second kappa shape index (κ2) is 8.33. The molecule has 0 fully saturated rings. The number of hydrogen-bond acceptors (Lipinski definition) is 4. The van der Waals surface area contributed by atoms with Crippen molar-refractivity contribution >= 4 is 23.1 Å². The van der Waals surface area contributed by atoms with Gasteiger partial charge in [0, 0.05) is 6.20 Å². The summed E-state index contributed by atoms with van der Waals surface area (Å²) >= 11 is 5.31. The molecule has 6 heteroatoms. The van der Waals surface area contributed by atoms with Crippen molar-refractivity contribution in [2.45, 2.75) is 19.9 Å². The second-order valence-electron chi connectivity index (χ2n) is 5.13. The smallest absolute Gasteiger partial charge is 0.172 e. The van der Waals surface area contributed by atoms with E-state index in [1.165, 1.54) is 0 Å². The van der Waals surface area contributed by atoms with Crippen molar-refractivity contribution in [1.82, 2.24) is 10.3 Å². The van der Waals surface area contributed by atoms with Crippen LogP contribution in [0, 0.1) is 6.92 Å². The van der Waals surface area contributed by atoms with Crippen molar-refractivity contribution in [2.75, 3.05) is 19.0 Å². The number of ether oxygens (including phenoxy) is 2. The SMILES string of the molecule is COc1ccccc1OCC(C)NC(=S)Nc1ncccc1C. The summed E-state index contributed by atoms with van der Waals surface area (Å²) in [4.78, 5) is 4.26. The maximum atomic E-state index is 5.77. The minimum Gasteiger partial charge on any atom is -0.493 e. The van der Waals surface area contributed by atoms with E-state index in [-0.39, 0.29) is 6.04 Å². The standard InChI is InChI=1S/C17H21N3O2S/c1-12-7-6-10-18-16(12)20-17(23)19-13(2)11-22-15-9-5-4-8-14(15)21-3/h4-10,13H,11H2,1-3H3,(H2,18,19,20,23). The molecule has 1 atom stereocenters. The zero-order valence-electron chi connectivity index (χ0n) is 13.5.